The van der Waals surface area contributed by atoms with Gasteiger partial charge in [-0.2, -0.15) is 0 Å². The van der Waals surface area contributed by atoms with Crippen molar-refractivity contribution in [2.75, 3.05) is 0 Å². The highest BCUT2D eigenvalue weighted by Crippen LogP contribution is 2.13. The van der Waals surface area contributed by atoms with Crippen molar-refractivity contribution in [3.63, 3.8) is 0 Å². The lowest BCUT2D eigenvalue weighted by atomic mass is 10.0. The number of aryl methyl sites for hydroxylation is 3. The van der Waals surface area contributed by atoms with E-state index in [9.17, 15) is 4.79 Å². The van der Waals surface area contributed by atoms with Gasteiger partial charge in [0.05, 0.1) is 0 Å². The summed E-state index contributed by atoms with van der Waals surface area (Å²) in [5.41, 5.74) is 2.84. The zero-order valence-corrected chi connectivity index (χ0v) is 11.1. The van der Waals surface area contributed by atoms with E-state index < -0.39 is 0 Å². The smallest absolute Gasteiger partial charge is 0.191 e. The standard InChI is InChI=1S/C16H18O2/c1-11-13(3)18-15(12(2)16(11)17)10-9-14-7-5-4-6-8-14/h4-8H,9-10H2,1-3H3. The molecule has 2 aromatic rings. The van der Waals surface area contributed by atoms with Gasteiger partial charge in [-0.05, 0) is 32.8 Å². The molecule has 0 radical (unpaired) electrons. The zero-order valence-electron chi connectivity index (χ0n) is 11.1. The Morgan fingerprint density at radius 1 is 0.944 bits per heavy atom. The molecule has 1 heterocycles. The largest absolute Gasteiger partial charge is 0.466 e. The number of hydrogen-bond acceptors (Lipinski definition) is 2. The van der Waals surface area contributed by atoms with Crippen LogP contribution in [0.4, 0.5) is 0 Å². The van der Waals surface area contributed by atoms with Crippen LogP contribution in [0.25, 0.3) is 0 Å². The summed E-state index contributed by atoms with van der Waals surface area (Å²) >= 11 is 0. The van der Waals surface area contributed by atoms with Crippen LogP contribution in [0.15, 0.2) is 39.5 Å². The third-order valence-corrected chi connectivity index (χ3v) is 3.39. The average Bonchev–Trinajstić information content (AvgIpc) is 2.40. The maximum absolute atomic E-state index is 12.0. The van der Waals surface area contributed by atoms with E-state index in [1.807, 2.05) is 39.0 Å². The van der Waals surface area contributed by atoms with Crippen LogP contribution in [-0.2, 0) is 12.8 Å². The van der Waals surface area contributed by atoms with E-state index in [-0.39, 0.29) is 5.43 Å². The van der Waals surface area contributed by atoms with E-state index in [0.29, 0.717) is 0 Å². The summed E-state index contributed by atoms with van der Waals surface area (Å²) in [7, 11) is 0. The average molecular weight is 242 g/mol. The van der Waals surface area contributed by atoms with Gasteiger partial charge < -0.3 is 4.42 Å². The van der Waals surface area contributed by atoms with E-state index in [4.69, 9.17) is 4.42 Å². The first-order chi connectivity index (χ1) is 8.59. The molecule has 0 bridgehead atoms. The third-order valence-electron chi connectivity index (χ3n) is 3.39. The summed E-state index contributed by atoms with van der Waals surface area (Å²) in [4.78, 5) is 12.0. The van der Waals surface area contributed by atoms with E-state index >= 15 is 0 Å². The van der Waals surface area contributed by atoms with E-state index in [0.717, 1.165) is 35.5 Å². The summed E-state index contributed by atoms with van der Waals surface area (Å²) in [5.74, 6) is 1.54. The second-order valence-corrected chi connectivity index (χ2v) is 4.65. The molecule has 2 heteroatoms. The summed E-state index contributed by atoms with van der Waals surface area (Å²) in [6.45, 7) is 5.51. The van der Waals surface area contributed by atoms with Crippen LogP contribution < -0.4 is 5.43 Å². The molecule has 0 amide bonds. The van der Waals surface area contributed by atoms with E-state index in [1.165, 1.54) is 5.56 Å². The van der Waals surface area contributed by atoms with Crippen LogP contribution in [0, 0.1) is 20.8 Å². The molecule has 0 aliphatic rings. The molecule has 0 N–H and O–H groups in total. The first-order valence-electron chi connectivity index (χ1n) is 6.23. The zero-order chi connectivity index (χ0) is 13.1. The Balaban J connectivity index is 2.23. The lowest BCUT2D eigenvalue weighted by Crippen LogP contribution is -2.13. The highest BCUT2D eigenvalue weighted by atomic mass is 16.3. The fourth-order valence-corrected chi connectivity index (χ4v) is 2.05. The van der Waals surface area contributed by atoms with Gasteiger partial charge in [0.25, 0.3) is 0 Å². The third kappa shape index (κ3) is 2.53. The summed E-state index contributed by atoms with van der Waals surface area (Å²) in [6.07, 6.45) is 1.67. The molecule has 94 valence electrons. The summed E-state index contributed by atoms with van der Waals surface area (Å²) < 4.78 is 5.74. The van der Waals surface area contributed by atoms with Crippen LogP contribution >= 0.6 is 0 Å². The Bertz CT molecular complexity index is 594. The molecule has 1 aromatic carbocycles. The van der Waals surface area contributed by atoms with Gasteiger partial charge in [0, 0.05) is 17.5 Å². The van der Waals surface area contributed by atoms with Gasteiger partial charge in [0.2, 0.25) is 0 Å². The summed E-state index contributed by atoms with van der Waals surface area (Å²) in [6, 6.07) is 10.2. The van der Waals surface area contributed by atoms with Crippen molar-refractivity contribution in [3.05, 3.63) is 68.8 Å². The fraction of sp³-hybridized carbons (Fsp3) is 0.312. The van der Waals surface area contributed by atoms with Gasteiger partial charge in [-0.3, -0.25) is 4.79 Å². The minimum absolute atomic E-state index is 0.113. The molecule has 0 atom stereocenters. The van der Waals surface area contributed by atoms with Gasteiger partial charge in [-0.25, -0.2) is 0 Å². The molecule has 0 aliphatic carbocycles. The minimum Gasteiger partial charge on any atom is -0.466 e. The van der Waals surface area contributed by atoms with Crippen molar-refractivity contribution in [1.82, 2.24) is 0 Å². The molecule has 2 rings (SSSR count). The summed E-state index contributed by atoms with van der Waals surface area (Å²) in [5, 5.41) is 0. The van der Waals surface area contributed by atoms with E-state index in [1.54, 1.807) is 0 Å². The lowest BCUT2D eigenvalue weighted by Gasteiger charge is -2.08. The molecule has 2 nitrogen and oxygen atoms in total. The molecule has 0 spiro atoms. The molecule has 0 saturated heterocycles. The first kappa shape index (κ1) is 12.6. The van der Waals surface area contributed by atoms with Crippen LogP contribution in [-0.4, -0.2) is 0 Å². The SMILES string of the molecule is Cc1oc(CCc2ccccc2)c(C)c(=O)c1C. The maximum Gasteiger partial charge on any atom is 0.191 e. The molecule has 0 aliphatic heterocycles. The number of benzene rings is 1. The monoisotopic (exact) mass is 242 g/mol. The second kappa shape index (κ2) is 5.21. The molecular weight excluding hydrogens is 224 g/mol. The van der Waals surface area contributed by atoms with Crippen LogP contribution in [0.2, 0.25) is 0 Å². The van der Waals surface area contributed by atoms with Crippen LogP contribution in [0.1, 0.15) is 28.2 Å². The molecular formula is C16H18O2. The van der Waals surface area contributed by atoms with Gasteiger partial charge >= 0.3 is 0 Å². The topological polar surface area (TPSA) is 30.2 Å². The van der Waals surface area contributed by atoms with Crippen molar-refractivity contribution in [2.24, 2.45) is 0 Å². The fourth-order valence-electron chi connectivity index (χ4n) is 2.05. The van der Waals surface area contributed by atoms with Crippen molar-refractivity contribution in [1.29, 1.82) is 0 Å². The predicted molar refractivity (Wildman–Crippen MR) is 73.0 cm³/mol. The highest BCUT2D eigenvalue weighted by Gasteiger charge is 2.10. The number of hydrogen-bond donors (Lipinski definition) is 0. The Morgan fingerprint density at radius 2 is 1.61 bits per heavy atom. The van der Waals surface area contributed by atoms with Crippen molar-refractivity contribution >= 4 is 0 Å². The highest BCUT2D eigenvalue weighted by molar-refractivity contribution is 5.26. The maximum atomic E-state index is 12.0. The normalized spacial score (nSPS) is 10.6. The van der Waals surface area contributed by atoms with Gasteiger partial charge in [-0.1, -0.05) is 30.3 Å². The Hall–Kier alpha value is -1.83. The molecule has 1 aromatic heterocycles. The minimum atomic E-state index is 0.113. The number of rotatable bonds is 3. The Morgan fingerprint density at radius 3 is 2.28 bits per heavy atom. The Labute approximate surface area is 107 Å². The van der Waals surface area contributed by atoms with Gasteiger partial charge in [0.1, 0.15) is 11.5 Å². The van der Waals surface area contributed by atoms with E-state index in [2.05, 4.69) is 12.1 Å². The molecule has 0 saturated carbocycles. The first-order valence-corrected chi connectivity index (χ1v) is 6.23. The predicted octanol–water partition coefficient (Wildman–Crippen LogP) is 3.35. The quantitative estimate of drug-likeness (QED) is 0.826. The van der Waals surface area contributed by atoms with Crippen molar-refractivity contribution in [3.8, 4) is 0 Å². The van der Waals surface area contributed by atoms with Gasteiger partial charge in [-0.15, -0.1) is 0 Å². The van der Waals surface area contributed by atoms with Crippen LogP contribution in [0.5, 0.6) is 0 Å². The molecule has 18 heavy (non-hydrogen) atoms. The molecule has 0 unspecified atom stereocenters. The molecule has 0 fully saturated rings. The van der Waals surface area contributed by atoms with Gasteiger partial charge in [0.15, 0.2) is 5.43 Å². The van der Waals surface area contributed by atoms with Crippen molar-refractivity contribution < 1.29 is 4.42 Å². The van der Waals surface area contributed by atoms with Crippen molar-refractivity contribution in [2.45, 2.75) is 33.6 Å². The Kier molecular flexibility index (Phi) is 3.66. The second-order valence-electron chi connectivity index (χ2n) is 4.65. The lowest BCUT2D eigenvalue weighted by molar-refractivity contribution is 0.453. The van der Waals surface area contributed by atoms with Crippen LogP contribution in [0.3, 0.4) is 0 Å².